The van der Waals surface area contributed by atoms with E-state index in [0.29, 0.717) is 0 Å². The number of rotatable bonds is 0. The van der Waals surface area contributed by atoms with Crippen LogP contribution in [0.15, 0.2) is 12.2 Å². The van der Waals surface area contributed by atoms with E-state index in [0.717, 1.165) is 32.5 Å². The van der Waals surface area contributed by atoms with Crippen molar-refractivity contribution in [2.24, 2.45) is 5.41 Å². The summed E-state index contributed by atoms with van der Waals surface area (Å²) in [6, 6.07) is 0. The molecule has 1 heterocycles. The first-order valence-electron chi connectivity index (χ1n) is 4.11. The summed E-state index contributed by atoms with van der Waals surface area (Å²) in [5, 5.41) is 0. The van der Waals surface area contributed by atoms with E-state index in [1.807, 2.05) is 0 Å². The fraction of sp³-hybridized carbons (Fsp3) is 0.667. The van der Waals surface area contributed by atoms with E-state index in [1.54, 1.807) is 6.08 Å². The first-order valence-corrected chi connectivity index (χ1v) is 4.11. The maximum absolute atomic E-state index is 11.0. The van der Waals surface area contributed by atoms with E-state index in [4.69, 9.17) is 4.74 Å². The summed E-state index contributed by atoms with van der Waals surface area (Å²) in [5.41, 5.74) is 0.190. The van der Waals surface area contributed by atoms with Crippen LogP contribution in [0.4, 0.5) is 0 Å². The van der Waals surface area contributed by atoms with Crippen molar-refractivity contribution in [3.8, 4) is 0 Å². The molecule has 0 aromatic rings. The predicted molar refractivity (Wildman–Crippen MR) is 41.3 cm³/mol. The Balaban J connectivity index is 2.10. The number of carbonyl (C=O) groups excluding carboxylic acids is 1. The lowest BCUT2D eigenvalue weighted by molar-refractivity contribution is -0.116. The second-order valence-electron chi connectivity index (χ2n) is 3.45. The molecule has 60 valence electrons. The van der Waals surface area contributed by atoms with Crippen molar-refractivity contribution >= 4 is 5.78 Å². The van der Waals surface area contributed by atoms with E-state index >= 15 is 0 Å². The molecule has 0 radical (unpaired) electrons. The quantitative estimate of drug-likeness (QED) is 0.523. The topological polar surface area (TPSA) is 26.3 Å². The van der Waals surface area contributed by atoms with Crippen molar-refractivity contribution in [1.29, 1.82) is 0 Å². The minimum Gasteiger partial charge on any atom is -0.381 e. The van der Waals surface area contributed by atoms with Crippen LogP contribution in [0.1, 0.15) is 19.3 Å². The normalized spacial score (nSPS) is 28.2. The molecule has 0 atom stereocenters. The molecule has 1 spiro atoms. The standard InChI is InChI=1S/C9H12O2/c10-8-1-2-9(7-8)3-5-11-6-4-9/h1-2H,3-7H2. The highest BCUT2D eigenvalue weighted by atomic mass is 16.5. The van der Waals surface area contributed by atoms with Crippen molar-refractivity contribution in [1.82, 2.24) is 0 Å². The molecule has 11 heavy (non-hydrogen) atoms. The first-order chi connectivity index (χ1) is 5.31. The largest absolute Gasteiger partial charge is 0.381 e. The van der Waals surface area contributed by atoms with E-state index in [-0.39, 0.29) is 11.2 Å². The molecule has 1 fully saturated rings. The van der Waals surface area contributed by atoms with Gasteiger partial charge in [-0.05, 0) is 18.9 Å². The predicted octanol–water partition coefficient (Wildman–Crippen LogP) is 1.31. The molecular weight excluding hydrogens is 140 g/mol. The Morgan fingerprint density at radius 2 is 2.09 bits per heavy atom. The van der Waals surface area contributed by atoms with Gasteiger partial charge in [-0.1, -0.05) is 6.08 Å². The molecule has 0 amide bonds. The Kier molecular flexibility index (Phi) is 1.57. The van der Waals surface area contributed by atoms with Gasteiger partial charge >= 0.3 is 0 Å². The molecule has 0 saturated carbocycles. The number of hydrogen-bond donors (Lipinski definition) is 0. The lowest BCUT2D eigenvalue weighted by Crippen LogP contribution is -2.26. The molecule has 2 heteroatoms. The van der Waals surface area contributed by atoms with Gasteiger partial charge in [0.2, 0.25) is 0 Å². The van der Waals surface area contributed by atoms with Crippen LogP contribution in [-0.2, 0) is 9.53 Å². The molecule has 2 rings (SSSR count). The summed E-state index contributed by atoms with van der Waals surface area (Å²) in [6.07, 6.45) is 6.57. The number of ether oxygens (including phenoxy) is 1. The van der Waals surface area contributed by atoms with Crippen LogP contribution in [0.3, 0.4) is 0 Å². The third-order valence-corrected chi connectivity index (χ3v) is 2.64. The molecule has 2 aliphatic rings. The minimum atomic E-state index is 0.190. The van der Waals surface area contributed by atoms with Crippen molar-refractivity contribution in [3.63, 3.8) is 0 Å². The lowest BCUT2D eigenvalue weighted by Gasteiger charge is -2.30. The highest BCUT2D eigenvalue weighted by molar-refractivity contribution is 5.93. The van der Waals surface area contributed by atoms with Crippen LogP contribution >= 0.6 is 0 Å². The molecule has 1 aliphatic carbocycles. The Bertz CT molecular complexity index is 200. The zero-order valence-electron chi connectivity index (χ0n) is 6.51. The van der Waals surface area contributed by atoms with Crippen molar-refractivity contribution in [3.05, 3.63) is 12.2 Å². The smallest absolute Gasteiger partial charge is 0.156 e. The van der Waals surface area contributed by atoms with Gasteiger partial charge in [-0.3, -0.25) is 4.79 Å². The Morgan fingerprint density at radius 1 is 1.36 bits per heavy atom. The third-order valence-electron chi connectivity index (χ3n) is 2.64. The second kappa shape index (κ2) is 2.45. The third kappa shape index (κ3) is 1.23. The minimum absolute atomic E-state index is 0.190. The fourth-order valence-corrected chi connectivity index (χ4v) is 1.86. The summed E-state index contributed by atoms with van der Waals surface area (Å²) < 4.78 is 5.25. The molecule has 1 aliphatic heterocycles. The van der Waals surface area contributed by atoms with Crippen LogP contribution in [-0.4, -0.2) is 19.0 Å². The summed E-state index contributed by atoms with van der Waals surface area (Å²) >= 11 is 0. The average Bonchev–Trinajstić information content (AvgIpc) is 2.34. The van der Waals surface area contributed by atoms with Gasteiger partial charge in [0.05, 0.1) is 0 Å². The van der Waals surface area contributed by atoms with Gasteiger partial charge in [-0.15, -0.1) is 0 Å². The van der Waals surface area contributed by atoms with Gasteiger partial charge in [0.15, 0.2) is 5.78 Å². The van der Waals surface area contributed by atoms with E-state index < -0.39 is 0 Å². The average molecular weight is 152 g/mol. The van der Waals surface area contributed by atoms with E-state index in [9.17, 15) is 4.79 Å². The number of ketones is 1. The molecular formula is C9H12O2. The molecule has 0 bridgehead atoms. The SMILES string of the molecule is O=C1C=CC2(CCOCC2)C1. The van der Waals surface area contributed by atoms with E-state index in [1.165, 1.54) is 0 Å². The van der Waals surface area contributed by atoms with Crippen LogP contribution in [0.2, 0.25) is 0 Å². The maximum atomic E-state index is 11.0. The molecule has 0 N–H and O–H groups in total. The summed E-state index contributed by atoms with van der Waals surface area (Å²) in [5.74, 6) is 0.284. The summed E-state index contributed by atoms with van der Waals surface area (Å²) in [6.45, 7) is 1.63. The van der Waals surface area contributed by atoms with Crippen LogP contribution in [0.25, 0.3) is 0 Å². The molecule has 0 aromatic heterocycles. The van der Waals surface area contributed by atoms with Gasteiger partial charge in [-0.2, -0.15) is 0 Å². The van der Waals surface area contributed by atoms with Gasteiger partial charge in [-0.25, -0.2) is 0 Å². The molecule has 0 aromatic carbocycles. The zero-order chi connectivity index (χ0) is 7.73. The van der Waals surface area contributed by atoms with Gasteiger partial charge in [0, 0.05) is 25.0 Å². The van der Waals surface area contributed by atoms with Crippen LogP contribution in [0.5, 0.6) is 0 Å². The van der Waals surface area contributed by atoms with E-state index in [2.05, 4.69) is 6.08 Å². The van der Waals surface area contributed by atoms with Gasteiger partial charge in [0.1, 0.15) is 0 Å². The van der Waals surface area contributed by atoms with Gasteiger partial charge < -0.3 is 4.74 Å². The van der Waals surface area contributed by atoms with Crippen molar-refractivity contribution in [2.75, 3.05) is 13.2 Å². The summed E-state index contributed by atoms with van der Waals surface area (Å²) in [7, 11) is 0. The maximum Gasteiger partial charge on any atom is 0.156 e. The van der Waals surface area contributed by atoms with Gasteiger partial charge in [0.25, 0.3) is 0 Å². The molecule has 2 nitrogen and oxygen atoms in total. The number of carbonyl (C=O) groups is 1. The fourth-order valence-electron chi connectivity index (χ4n) is 1.86. The number of hydrogen-bond acceptors (Lipinski definition) is 2. The first kappa shape index (κ1) is 7.04. The zero-order valence-corrected chi connectivity index (χ0v) is 6.51. The van der Waals surface area contributed by atoms with Crippen molar-refractivity contribution < 1.29 is 9.53 Å². The van der Waals surface area contributed by atoms with Crippen LogP contribution < -0.4 is 0 Å². The summed E-state index contributed by atoms with van der Waals surface area (Å²) in [4.78, 5) is 11.0. The highest BCUT2D eigenvalue weighted by Gasteiger charge is 2.35. The molecule has 1 saturated heterocycles. The van der Waals surface area contributed by atoms with Crippen molar-refractivity contribution in [2.45, 2.75) is 19.3 Å². The van der Waals surface area contributed by atoms with Crippen LogP contribution in [0, 0.1) is 5.41 Å². The number of allylic oxidation sites excluding steroid dienone is 2. The lowest BCUT2D eigenvalue weighted by atomic mass is 9.80. The molecule has 0 unspecified atom stereocenters. The highest BCUT2D eigenvalue weighted by Crippen LogP contribution is 2.39. The Labute approximate surface area is 66.2 Å². The Morgan fingerprint density at radius 3 is 2.64 bits per heavy atom. The monoisotopic (exact) mass is 152 g/mol. The second-order valence-corrected chi connectivity index (χ2v) is 3.45. The Hall–Kier alpha value is -0.630.